The molecule has 2 N–H and O–H groups in total. The van der Waals surface area contributed by atoms with Crippen molar-refractivity contribution < 1.29 is 14.5 Å². The zero-order valence-electron chi connectivity index (χ0n) is 11.8. The number of hydrogen-bond acceptors (Lipinski definition) is 8. The second-order valence-electron chi connectivity index (χ2n) is 4.85. The highest BCUT2D eigenvalue weighted by Crippen LogP contribution is 2.24. The Labute approximate surface area is 138 Å². The van der Waals surface area contributed by atoms with E-state index in [1.54, 1.807) is 24.3 Å². The van der Waals surface area contributed by atoms with Crippen LogP contribution in [0.2, 0.25) is 5.02 Å². The molecule has 1 aromatic carbocycles. The molecule has 0 aliphatic carbocycles. The summed E-state index contributed by atoms with van der Waals surface area (Å²) in [6.45, 7) is 0. The summed E-state index contributed by atoms with van der Waals surface area (Å²) in [6, 6.07) is 6.97. The number of aromatic nitrogens is 6. The minimum absolute atomic E-state index is 0.194. The van der Waals surface area contributed by atoms with Crippen molar-refractivity contribution in [2.45, 2.75) is 6.42 Å². The third-order valence-electron chi connectivity index (χ3n) is 3.24. The molecule has 3 aromatic heterocycles. The van der Waals surface area contributed by atoms with Crippen LogP contribution in [0.4, 0.5) is 11.5 Å². The van der Waals surface area contributed by atoms with Crippen LogP contribution in [0.5, 0.6) is 0 Å². The van der Waals surface area contributed by atoms with Crippen molar-refractivity contribution in [1.29, 1.82) is 0 Å². The van der Waals surface area contributed by atoms with Gasteiger partial charge < -0.3 is 10.4 Å². The molecule has 0 aliphatic heterocycles. The van der Waals surface area contributed by atoms with E-state index in [-0.39, 0.29) is 23.5 Å². The number of halogens is 1. The van der Waals surface area contributed by atoms with Crippen molar-refractivity contribution in [3.63, 3.8) is 0 Å². The third kappa shape index (κ3) is 2.38. The van der Waals surface area contributed by atoms with E-state index in [4.69, 9.17) is 21.3 Å². The molecule has 0 aliphatic rings. The molecule has 0 fully saturated rings. The normalized spacial score (nSPS) is 11.2. The first kappa shape index (κ1) is 14.3. The van der Waals surface area contributed by atoms with Crippen molar-refractivity contribution in [3.8, 4) is 0 Å². The number of carboxylic acids is 1. The predicted molar refractivity (Wildman–Crippen MR) is 82.2 cm³/mol. The quantitative estimate of drug-likeness (QED) is 0.566. The van der Waals surface area contributed by atoms with Crippen molar-refractivity contribution in [3.05, 3.63) is 35.1 Å². The molecule has 10 nitrogen and oxygen atoms in total. The van der Waals surface area contributed by atoms with Crippen LogP contribution < -0.4 is 5.32 Å². The molecule has 0 bridgehead atoms. The highest BCUT2D eigenvalue weighted by molar-refractivity contribution is 6.30. The topological polar surface area (TPSA) is 131 Å². The van der Waals surface area contributed by atoms with Crippen LogP contribution in [0.1, 0.15) is 5.82 Å². The average molecular weight is 346 g/mol. The minimum Gasteiger partial charge on any atom is -0.481 e. The van der Waals surface area contributed by atoms with Gasteiger partial charge in [-0.2, -0.15) is 0 Å². The number of carbonyl (C=O) groups is 1. The molecule has 4 rings (SSSR count). The summed E-state index contributed by atoms with van der Waals surface area (Å²) in [5, 5.41) is 28.0. The molecule has 0 spiro atoms. The second-order valence-corrected chi connectivity index (χ2v) is 5.29. The molecular formula is C13H8ClN7O3. The van der Waals surface area contributed by atoms with Gasteiger partial charge in [0.25, 0.3) is 0 Å². The van der Waals surface area contributed by atoms with Gasteiger partial charge in [0.05, 0.1) is 0 Å². The molecule has 3 heterocycles. The predicted octanol–water partition coefficient (Wildman–Crippen LogP) is 1.68. The van der Waals surface area contributed by atoms with Crippen LogP contribution in [0.15, 0.2) is 28.9 Å². The Kier molecular flexibility index (Phi) is 3.24. The number of carboxylic acid groups (broad SMARTS) is 1. The van der Waals surface area contributed by atoms with E-state index in [1.165, 1.54) is 4.40 Å². The molecule has 0 saturated heterocycles. The fraction of sp³-hybridized carbons (Fsp3) is 0.0769. The molecule has 11 heteroatoms. The van der Waals surface area contributed by atoms with Gasteiger partial charge in [0, 0.05) is 10.7 Å². The Morgan fingerprint density at radius 2 is 2.00 bits per heavy atom. The van der Waals surface area contributed by atoms with Gasteiger partial charge in [0.1, 0.15) is 6.42 Å². The SMILES string of the molecule is O=C(O)Cc1nnc2c(Nc3ccc(Cl)cc3)nc3nonc3n12. The Balaban J connectivity index is 1.89. The monoisotopic (exact) mass is 345 g/mol. The van der Waals surface area contributed by atoms with Crippen LogP contribution in [-0.4, -0.2) is 41.0 Å². The zero-order valence-corrected chi connectivity index (χ0v) is 12.6. The Morgan fingerprint density at radius 1 is 1.21 bits per heavy atom. The molecule has 0 saturated carbocycles. The molecule has 0 radical (unpaired) electrons. The van der Waals surface area contributed by atoms with Crippen molar-refractivity contribution in [1.82, 2.24) is 29.9 Å². The largest absolute Gasteiger partial charge is 0.481 e. The maximum atomic E-state index is 11.0. The molecule has 24 heavy (non-hydrogen) atoms. The summed E-state index contributed by atoms with van der Waals surface area (Å²) < 4.78 is 6.14. The molecule has 4 aromatic rings. The van der Waals surface area contributed by atoms with Crippen LogP contribution in [-0.2, 0) is 11.2 Å². The summed E-state index contributed by atoms with van der Waals surface area (Å²) in [4.78, 5) is 15.3. The smallest absolute Gasteiger partial charge is 0.311 e. The average Bonchev–Trinajstić information content (AvgIpc) is 3.16. The van der Waals surface area contributed by atoms with Gasteiger partial charge in [-0.1, -0.05) is 11.6 Å². The van der Waals surface area contributed by atoms with Crippen LogP contribution in [0.25, 0.3) is 16.9 Å². The van der Waals surface area contributed by atoms with E-state index in [0.29, 0.717) is 22.2 Å². The highest BCUT2D eigenvalue weighted by atomic mass is 35.5. The first-order valence-electron chi connectivity index (χ1n) is 6.72. The third-order valence-corrected chi connectivity index (χ3v) is 3.49. The van der Waals surface area contributed by atoms with Crippen LogP contribution >= 0.6 is 11.6 Å². The minimum atomic E-state index is -1.04. The number of rotatable bonds is 4. The summed E-state index contributed by atoms with van der Waals surface area (Å²) in [5.74, 6) is -0.512. The fourth-order valence-corrected chi connectivity index (χ4v) is 2.37. The lowest BCUT2D eigenvalue weighted by Crippen LogP contribution is -2.07. The van der Waals surface area contributed by atoms with Crippen LogP contribution in [0.3, 0.4) is 0 Å². The molecule has 120 valence electrons. The van der Waals surface area contributed by atoms with Gasteiger partial charge in [-0.05, 0) is 34.6 Å². The van der Waals surface area contributed by atoms with Gasteiger partial charge in [-0.3, -0.25) is 9.20 Å². The van der Waals surface area contributed by atoms with E-state index >= 15 is 0 Å². The molecule has 0 amide bonds. The fourth-order valence-electron chi connectivity index (χ4n) is 2.24. The van der Waals surface area contributed by atoms with Gasteiger partial charge in [0.2, 0.25) is 16.9 Å². The summed E-state index contributed by atoms with van der Waals surface area (Å²) in [7, 11) is 0. The zero-order chi connectivity index (χ0) is 16.7. The number of fused-ring (bicyclic) bond motifs is 3. The second kappa shape index (κ2) is 5.42. The number of hydrogen-bond donors (Lipinski definition) is 2. The first-order chi connectivity index (χ1) is 11.6. The number of nitrogens with zero attached hydrogens (tertiary/aromatic N) is 6. The molecular weight excluding hydrogens is 338 g/mol. The summed E-state index contributed by atoms with van der Waals surface area (Å²) >= 11 is 5.87. The van der Waals surface area contributed by atoms with Crippen molar-refractivity contribution in [2.24, 2.45) is 0 Å². The van der Waals surface area contributed by atoms with Crippen molar-refractivity contribution >= 4 is 46.0 Å². The molecule has 0 unspecified atom stereocenters. The van der Waals surface area contributed by atoms with Crippen LogP contribution in [0, 0.1) is 0 Å². The maximum absolute atomic E-state index is 11.0. The first-order valence-corrected chi connectivity index (χ1v) is 7.10. The number of benzene rings is 1. The highest BCUT2D eigenvalue weighted by Gasteiger charge is 2.20. The number of nitrogens with one attached hydrogen (secondary N) is 1. The molecule has 0 atom stereocenters. The Morgan fingerprint density at radius 3 is 2.75 bits per heavy atom. The van der Waals surface area contributed by atoms with E-state index < -0.39 is 5.97 Å². The van der Waals surface area contributed by atoms with E-state index in [1.807, 2.05) is 0 Å². The van der Waals surface area contributed by atoms with Crippen molar-refractivity contribution in [2.75, 3.05) is 5.32 Å². The standard InChI is InChI=1S/C13H8ClN7O3/c14-6-1-3-7(4-2-6)15-10-12-18-17-8(5-9(22)23)21(12)13-11(16-10)19-24-20-13/h1-4H,5H2,(H,22,23)(H,15,16,19). The lowest BCUT2D eigenvalue weighted by atomic mass is 10.3. The number of anilines is 2. The van der Waals surface area contributed by atoms with Gasteiger partial charge >= 0.3 is 5.97 Å². The number of aliphatic carboxylic acids is 1. The van der Waals surface area contributed by atoms with Gasteiger partial charge in [-0.15, -0.1) is 10.2 Å². The lowest BCUT2D eigenvalue weighted by Gasteiger charge is -2.06. The summed E-state index contributed by atoms with van der Waals surface area (Å²) in [5.41, 5.74) is 1.47. The summed E-state index contributed by atoms with van der Waals surface area (Å²) in [6.07, 6.45) is -0.326. The van der Waals surface area contributed by atoms with E-state index in [9.17, 15) is 4.79 Å². The maximum Gasteiger partial charge on any atom is 0.311 e. The van der Waals surface area contributed by atoms with E-state index in [0.717, 1.165) is 0 Å². The Bertz CT molecular complexity index is 1060. The van der Waals surface area contributed by atoms with Gasteiger partial charge in [0.15, 0.2) is 11.6 Å². The van der Waals surface area contributed by atoms with E-state index in [2.05, 4.69) is 30.8 Å². The van der Waals surface area contributed by atoms with Gasteiger partial charge in [-0.25, -0.2) is 9.61 Å². The lowest BCUT2D eigenvalue weighted by molar-refractivity contribution is -0.136. The Hall–Kier alpha value is -3.27.